The monoisotopic (exact) mass is 319 g/mol. The number of ether oxygens (including phenoxy) is 1. The molecule has 5 nitrogen and oxygen atoms in total. The fourth-order valence-corrected chi connectivity index (χ4v) is 4.16. The summed E-state index contributed by atoms with van der Waals surface area (Å²) in [5.74, 6) is 0. The van der Waals surface area contributed by atoms with E-state index in [-0.39, 0.29) is 35.6 Å². The summed E-state index contributed by atoms with van der Waals surface area (Å²) in [4.78, 5) is -0.0312. The van der Waals surface area contributed by atoms with Crippen LogP contribution < -0.4 is 4.72 Å². The molecule has 0 bridgehead atoms. The highest BCUT2D eigenvalue weighted by Crippen LogP contribution is 2.33. The SMILES string of the molecule is O=S(=O)(NCCOCCO)c1cc(Cl)sc1Cl. The molecule has 0 radical (unpaired) electrons. The molecule has 0 aliphatic heterocycles. The van der Waals surface area contributed by atoms with E-state index >= 15 is 0 Å². The lowest BCUT2D eigenvalue weighted by Gasteiger charge is -2.05. The number of aliphatic hydroxyl groups is 1. The second-order valence-electron chi connectivity index (χ2n) is 2.92. The first-order valence-corrected chi connectivity index (χ1v) is 7.66. The van der Waals surface area contributed by atoms with Crippen LogP contribution in [0.15, 0.2) is 11.0 Å². The van der Waals surface area contributed by atoms with E-state index in [0.29, 0.717) is 4.34 Å². The van der Waals surface area contributed by atoms with Crippen LogP contribution in [0.1, 0.15) is 0 Å². The van der Waals surface area contributed by atoms with Crippen molar-refractivity contribution in [2.75, 3.05) is 26.4 Å². The van der Waals surface area contributed by atoms with Gasteiger partial charge < -0.3 is 9.84 Å². The molecule has 17 heavy (non-hydrogen) atoms. The van der Waals surface area contributed by atoms with E-state index in [1.165, 1.54) is 6.07 Å². The highest BCUT2D eigenvalue weighted by molar-refractivity contribution is 7.89. The normalized spacial score (nSPS) is 11.9. The molecular weight excluding hydrogens is 309 g/mol. The fourth-order valence-electron chi connectivity index (χ4n) is 1.00. The van der Waals surface area contributed by atoms with E-state index in [0.717, 1.165) is 11.3 Å². The van der Waals surface area contributed by atoms with E-state index < -0.39 is 10.0 Å². The van der Waals surface area contributed by atoms with Gasteiger partial charge in [0.15, 0.2) is 0 Å². The number of hydrogen-bond donors (Lipinski definition) is 2. The van der Waals surface area contributed by atoms with Crippen LogP contribution in [0.5, 0.6) is 0 Å². The first kappa shape index (κ1) is 15.2. The van der Waals surface area contributed by atoms with Crippen LogP contribution in [0.2, 0.25) is 8.67 Å². The van der Waals surface area contributed by atoms with Crippen LogP contribution in [0.4, 0.5) is 0 Å². The van der Waals surface area contributed by atoms with Crippen molar-refractivity contribution in [3.05, 3.63) is 14.7 Å². The minimum atomic E-state index is -3.66. The van der Waals surface area contributed by atoms with Crippen molar-refractivity contribution in [2.45, 2.75) is 4.90 Å². The average Bonchev–Trinajstić information content (AvgIpc) is 2.58. The largest absolute Gasteiger partial charge is 0.394 e. The van der Waals surface area contributed by atoms with E-state index in [9.17, 15) is 8.42 Å². The minimum absolute atomic E-state index is 0.0312. The van der Waals surface area contributed by atoms with Crippen LogP contribution in [0.25, 0.3) is 0 Å². The van der Waals surface area contributed by atoms with Crippen LogP contribution in [-0.4, -0.2) is 39.9 Å². The van der Waals surface area contributed by atoms with Crippen molar-refractivity contribution in [2.24, 2.45) is 0 Å². The molecule has 0 unspecified atom stereocenters. The molecule has 9 heteroatoms. The molecule has 0 fully saturated rings. The zero-order valence-corrected chi connectivity index (χ0v) is 11.8. The molecule has 0 aliphatic rings. The molecule has 0 atom stereocenters. The highest BCUT2D eigenvalue weighted by Gasteiger charge is 2.20. The van der Waals surface area contributed by atoms with E-state index in [1.54, 1.807) is 0 Å². The maximum absolute atomic E-state index is 11.7. The van der Waals surface area contributed by atoms with Gasteiger partial charge >= 0.3 is 0 Å². The summed E-state index contributed by atoms with van der Waals surface area (Å²) in [5, 5.41) is 8.45. The maximum Gasteiger partial charge on any atom is 0.243 e. The molecule has 1 aromatic heterocycles. The van der Waals surface area contributed by atoms with E-state index in [4.69, 9.17) is 33.0 Å². The number of aliphatic hydroxyl groups excluding tert-OH is 1. The fraction of sp³-hybridized carbons (Fsp3) is 0.500. The van der Waals surface area contributed by atoms with Crippen LogP contribution >= 0.6 is 34.5 Å². The standard InChI is InChI=1S/C8H11Cl2NO4S2/c9-7-5-6(8(10)16-7)17(13,14)11-1-3-15-4-2-12/h5,11-12H,1-4H2. The van der Waals surface area contributed by atoms with Crippen molar-refractivity contribution in [1.82, 2.24) is 4.72 Å². The zero-order valence-electron chi connectivity index (χ0n) is 8.65. The maximum atomic E-state index is 11.7. The Kier molecular flexibility index (Phi) is 6.14. The lowest BCUT2D eigenvalue weighted by atomic mass is 10.7. The first-order valence-electron chi connectivity index (χ1n) is 4.60. The quantitative estimate of drug-likeness (QED) is 0.744. The molecule has 2 N–H and O–H groups in total. The van der Waals surface area contributed by atoms with Gasteiger partial charge in [0.2, 0.25) is 10.0 Å². The predicted molar refractivity (Wildman–Crippen MR) is 67.4 cm³/mol. The van der Waals surface area contributed by atoms with Gasteiger partial charge in [-0.25, -0.2) is 13.1 Å². The summed E-state index contributed by atoms with van der Waals surface area (Å²) in [7, 11) is -3.66. The van der Waals surface area contributed by atoms with Gasteiger partial charge in [-0.15, -0.1) is 11.3 Å². The Morgan fingerprint density at radius 2 is 2.12 bits per heavy atom. The minimum Gasteiger partial charge on any atom is -0.394 e. The Balaban J connectivity index is 2.54. The third kappa shape index (κ3) is 4.70. The Bertz CT molecular complexity index is 460. The number of rotatable bonds is 7. The molecule has 0 saturated carbocycles. The van der Waals surface area contributed by atoms with E-state index in [2.05, 4.69) is 4.72 Å². The molecule has 0 saturated heterocycles. The summed E-state index contributed by atoms with van der Waals surface area (Å²) < 4.78 is 31.2. The highest BCUT2D eigenvalue weighted by atomic mass is 35.5. The Hall–Kier alpha value is 0.110. The summed E-state index contributed by atoms with van der Waals surface area (Å²) in [6, 6.07) is 1.30. The summed E-state index contributed by atoms with van der Waals surface area (Å²) in [5.41, 5.74) is 0. The van der Waals surface area contributed by atoms with Crippen molar-refractivity contribution in [3.8, 4) is 0 Å². The third-order valence-electron chi connectivity index (χ3n) is 1.69. The molecule has 98 valence electrons. The molecule has 0 amide bonds. The second-order valence-corrected chi connectivity index (χ2v) is 6.94. The van der Waals surface area contributed by atoms with Crippen LogP contribution in [-0.2, 0) is 14.8 Å². The molecular formula is C8H11Cl2NO4S2. The van der Waals surface area contributed by atoms with Crippen molar-refractivity contribution < 1.29 is 18.3 Å². The van der Waals surface area contributed by atoms with Gasteiger partial charge in [0.1, 0.15) is 9.23 Å². The number of nitrogens with one attached hydrogen (secondary N) is 1. The smallest absolute Gasteiger partial charge is 0.243 e. The Labute approximate surface area is 113 Å². The number of hydrogen-bond acceptors (Lipinski definition) is 5. The first-order chi connectivity index (χ1) is 7.97. The molecule has 0 aliphatic carbocycles. The van der Waals surface area contributed by atoms with Gasteiger partial charge in [-0.2, -0.15) is 0 Å². The Morgan fingerprint density at radius 1 is 1.41 bits per heavy atom. The summed E-state index contributed by atoms with van der Waals surface area (Å²) in [6.45, 7) is 0.354. The van der Waals surface area contributed by atoms with Gasteiger partial charge in [0.25, 0.3) is 0 Å². The Morgan fingerprint density at radius 3 is 2.65 bits per heavy atom. The zero-order chi connectivity index (χ0) is 12.9. The molecule has 0 spiro atoms. The van der Waals surface area contributed by atoms with Gasteiger partial charge in [-0.3, -0.25) is 0 Å². The molecule has 1 aromatic rings. The lowest BCUT2D eigenvalue weighted by molar-refractivity contribution is 0.0961. The van der Waals surface area contributed by atoms with Gasteiger partial charge in [-0.05, 0) is 6.07 Å². The van der Waals surface area contributed by atoms with Gasteiger partial charge in [0.05, 0.1) is 24.2 Å². The summed E-state index contributed by atoms with van der Waals surface area (Å²) >= 11 is 12.4. The third-order valence-corrected chi connectivity index (χ3v) is 4.90. The number of halogens is 2. The number of sulfonamides is 1. The number of thiophene rings is 1. The molecule has 1 rings (SSSR count). The lowest BCUT2D eigenvalue weighted by Crippen LogP contribution is -2.27. The van der Waals surface area contributed by atoms with E-state index in [1.807, 2.05) is 0 Å². The topological polar surface area (TPSA) is 75.6 Å². The van der Waals surface area contributed by atoms with Crippen LogP contribution in [0, 0.1) is 0 Å². The summed E-state index contributed by atoms with van der Waals surface area (Å²) in [6.07, 6.45) is 0. The van der Waals surface area contributed by atoms with Gasteiger partial charge in [0, 0.05) is 6.54 Å². The molecule has 0 aromatic carbocycles. The predicted octanol–water partition coefficient (Wildman–Crippen LogP) is 1.34. The van der Waals surface area contributed by atoms with Crippen molar-refractivity contribution in [1.29, 1.82) is 0 Å². The van der Waals surface area contributed by atoms with Gasteiger partial charge in [-0.1, -0.05) is 23.2 Å². The second kappa shape index (κ2) is 6.89. The van der Waals surface area contributed by atoms with Crippen molar-refractivity contribution >= 4 is 44.6 Å². The van der Waals surface area contributed by atoms with Crippen LogP contribution in [0.3, 0.4) is 0 Å². The average molecular weight is 320 g/mol. The molecule has 1 heterocycles. The van der Waals surface area contributed by atoms with Crippen molar-refractivity contribution in [3.63, 3.8) is 0 Å².